The highest BCUT2D eigenvalue weighted by molar-refractivity contribution is 7.90. The molecule has 11 heteroatoms. The summed E-state index contributed by atoms with van der Waals surface area (Å²) in [6.45, 7) is 5.17. The van der Waals surface area contributed by atoms with Gasteiger partial charge >= 0.3 is 6.18 Å². The largest absolute Gasteiger partial charge is 0.417 e. The van der Waals surface area contributed by atoms with E-state index in [9.17, 15) is 26.4 Å². The van der Waals surface area contributed by atoms with Crippen LogP contribution in [-0.2, 0) is 21.1 Å². The maximum Gasteiger partial charge on any atom is 0.417 e. The topological polar surface area (TPSA) is 107 Å². The molecule has 0 spiro atoms. The van der Waals surface area contributed by atoms with Gasteiger partial charge in [0.15, 0.2) is 9.84 Å². The third kappa shape index (κ3) is 12.1. The van der Waals surface area contributed by atoms with Gasteiger partial charge < -0.3 is 15.8 Å². The van der Waals surface area contributed by atoms with Crippen molar-refractivity contribution in [3.05, 3.63) is 88.5 Å². The first kappa shape index (κ1) is 33.1. The Hall–Kier alpha value is -2.95. The molecule has 0 saturated carbocycles. The second-order valence-electron chi connectivity index (χ2n) is 8.80. The van der Waals surface area contributed by atoms with Crippen LogP contribution < -0.4 is 5.32 Å². The van der Waals surface area contributed by atoms with Gasteiger partial charge in [0.05, 0.1) is 10.5 Å². The normalized spacial score (nSPS) is 14.0. The number of hydrogen-bond acceptors (Lipinski definition) is 5. The van der Waals surface area contributed by atoms with Crippen LogP contribution in [0.5, 0.6) is 0 Å². The first-order valence-corrected chi connectivity index (χ1v) is 13.8. The van der Waals surface area contributed by atoms with E-state index in [0.29, 0.717) is 23.1 Å². The number of aliphatic hydroxyl groups is 1. The van der Waals surface area contributed by atoms with Crippen molar-refractivity contribution in [2.75, 3.05) is 6.26 Å². The fourth-order valence-corrected chi connectivity index (χ4v) is 4.07. The molecule has 0 aliphatic carbocycles. The number of allylic oxidation sites excluding steroid dienone is 3. The maximum atomic E-state index is 12.7. The lowest BCUT2D eigenvalue weighted by atomic mass is 9.86. The molecule has 208 valence electrons. The van der Waals surface area contributed by atoms with Crippen molar-refractivity contribution >= 4 is 33.6 Å². The van der Waals surface area contributed by atoms with E-state index in [2.05, 4.69) is 5.32 Å². The molecule has 2 rings (SSSR count). The van der Waals surface area contributed by atoms with Crippen LogP contribution in [0.2, 0.25) is 5.02 Å². The van der Waals surface area contributed by atoms with Crippen LogP contribution in [0.3, 0.4) is 0 Å². The maximum absolute atomic E-state index is 12.7. The Morgan fingerprint density at radius 3 is 2.21 bits per heavy atom. The average molecular weight is 573 g/mol. The molecule has 3 N–H and O–H groups in total. The Morgan fingerprint density at radius 1 is 1.13 bits per heavy atom. The van der Waals surface area contributed by atoms with Crippen LogP contribution in [0.15, 0.2) is 77.2 Å². The minimum absolute atomic E-state index is 0.140. The number of hydrogen-bond donors (Lipinski definition) is 3. The number of aliphatic hydroxyl groups excluding tert-OH is 1. The van der Waals surface area contributed by atoms with Crippen molar-refractivity contribution in [1.82, 2.24) is 5.32 Å². The van der Waals surface area contributed by atoms with E-state index in [1.807, 2.05) is 12.1 Å². The Bertz CT molecular complexity index is 1240. The summed E-state index contributed by atoms with van der Waals surface area (Å²) in [5.74, 6) is -0.973. The highest BCUT2D eigenvalue weighted by atomic mass is 35.5. The van der Waals surface area contributed by atoms with Gasteiger partial charge in [0, 0.05) is 41.6 Å². The van der Waals surface area contributed by atoms with Gasteiger partial charge in [-0.25, -0.2) is 8.42 Å². The smallest absolute Gasteiger partial charge is 0.394 e. The predicted octanol–water partition coefficient (Wildman–Crippen LogP) is 5.66. The molecule has 0 fully saturated rings. The van der Waals surface area contributed by atoms with Gasteiger partial charge in [0.1, 0.15) is 0 Å². The lowest BCUT2D eigenvalue weighted by molar-refractivity contribution is -0.117. The first-order chi connectivity index (χ1) is 17.5. The Balaban J connectivity index is 0.00000168. The lowest BCUT2D eigenvalue weighted by Crippen LogP contribution is -2.37. The summed E-state index contributed by atoms with van der Waals surface area (Å²) in [4.78, 5) is 12.5. The van der Waals surface area contributed by atoms with E-state index < -0.39 is 33.5 Å². The highest BCUT2D eigenvalue weighted by Crippen LogP contribution is 2.28. The van der Waals surface area contributed by atoms with E-state index in [-0.39, 0.29) is 23.1 Å². The zero-order valence-electron chi connectivity index (χ0n) is 21.5. The van der Waals surface area contributed by atoms with Crippen LogP contribution in [0.25, 0.3) is 0 Å². The molecule has 0 bridgehead atoms. The standard InChI is InChI=1S/C24H24ClF3N2O3S.C3H8O/c1-16(30-23(31)8-4-6-19(15-29)24(26,27)28)22(13-17-9-11-20(25)12-10-17)18-5-3-7-21(14-18)34(2,32)33;1-3(2)4/h3-12,14-16,22,29H,13H2,1-2H3,(H,30,31);3-4H,1-2H3/b8-4+,19-6+,29-15?;. The number of sulfone groups is 1. The fourth-order valence-electron chi connectivity index (χ4n) is 3.27. The molecule has 2 unspecified atom stereocenters. The van der Waals surface area contributed by atoms with Crippen molar-refractivity contribution in [3.8, 4) is 0 Å². The van der Waals surface area contributed by atoms with Crippen molar-refractivity contribution in [3.63, 3.8) is 0 Å². The van der Waals surface area contributed by atoms with E-state index in [1.165, 1.54) is 6.07 Å². The summed E-state index contributed by atoms with van der Waals surface area (Å²) >= 11 is 5.96. The number of rotatable bonds is 9. The summed E-state index contributed by atoms with van der Waals surface area (Å²) < 4.78 is 62.1. The second-order valence-corrected chi connectivity index (χ2v) is 11.2. The molecule has 0 saturated heterocycles. The zero-order valence-corrected chi connectivity index (χ0v) is 23.0. The van der Waals surface area contributed by atoms with Crippen molar-refractivity contribution in [1.29, 1.82) is 5.41 Å². The summed E-state index contributed by atoms with van der Waals surface area (Å²) in [7, 11) is -3.45. The minimum atomic E-state index is -4.69. The zero-order chi connectivity index (χ0) is 29.1. The third-order valence-electron chi connectivity index (χ3n) is 5.06. The van der Waals surface area contributed by atoms with Gasteiger partial charge in [-0.1, -0.05) is 41.9 Å². The summed E-state index contributed by atoms with van der Waals surface area (Å²) in [6, 6.07) is 13.0. The van der Waals surface area contributed by atoms with Gasteiger partial charge in [-0.2, -0.15) is 13.2 Å². The number of amides is 1. The minimum Gasteiger partial charge on any atom is -0.394 e. The molecule has 0 aliphatic heterocycles. The molecule has 0 aromatic heterocycles. The molecule has 2 aromatic carbocycles. The number of carbonyl (C=O) groups is 1. The molecule has 0 radical (unpaired) electrons. The molecule has 1 amide bonds. The summed E-state index contributed by atoms with van der Waals surface area (Å²) in [5.41, 5.74) is 0.389. The molecule has 0 heterocycles. The third-order valence-corrected chi connectivity index (χ3v) is 6.43. The monoisotopic (exact) mass is 572 g/mol. The van der Waals surface area contributed by atoms with E-state index in [1.54, 1.807) is 51.1 Å². The average Bonchev–Trinajstić information content (AvgIpc) is 2.79. The lowest BCUT2D eigenvalue weighted by Gasteiger charge is -2.26. The number of halogens is 4. The van der Waals surface area contributed by atoms with Crippen LogP contribution in [0.4, 0.5) is 13.2 Å². The SMILES string of the molecule is CC(C)O.CC(NC(=O)/C=C/C=C(\C=N)C(F)(F)F)C(Cc1ccc(Cl)cc1)c1cccc(S(C)(=O)=O)c1. The summed E-state index contributed by atoms with van der Waals surface area (Å²) in [6.07, 6.45) is -0.634. The van der Waals surface area contributed by atoms with Gasteiger partial charge in [-0.05, 0) is 68.7 Å². The van der Waals surface area contributed by atoms with E-state index >= 15 is 0 Å². The number of alkyl halides is 3. The highest BCUT2D eigenvalue weighted by Gasteiger charge is 2.31. The van der Waals surface area contributed by atoms with Crippen molar-refractivity contribution < 1.29 is 31.5 Å². The Morgan fingerprint density at radius 2 is 1.71 bits per heavy atom. The second kappa shape index (κ2) is 14.8. The van der Waals surface area contributed by atoms with Crippen LogP contribution in [0.1, 0.15) is 37.8 Å². The van der Waals surface area contributed by atoms with Crippen molar-refractivity contribution in [2.45, 2.75) is 56.3 Å². The van der Waals surface area contributed by atoms with Gasteiger partial charge in [-0.15, -0.1) is 0 Å². The Labute approximate surface area is 226 Å². The number of nitrogens with one attached hydrogen (secondary N) is 2. The van der Waals surface area contributed by atoms with Gasteiger partial charge in [0.2, 0.25) is 5.91 Å². The molecule has 38 heavy (non-hydrogen) atoms. The molecule has 0 aliphatic rings. The quantitative estimate of drug-likeness (QED) is 0.205. The van der Waals surface area contributed by atoms with Gasteiger partial charge in [-0.3, -0.25) is 4.79 Å². The Kier molecular flexibility index (Phi) is 12.9. The molecular formula is C27H32ClF3N2O4S. The number of carbonyl (C=O) groups excluding carboxylic acids is 1. The molecule has 2 atom stereocenters. The van der Waals surface area contributed by atoms with Crippen molar-refractivity contribution in [2.24, 2.45) is 0 Å². The first-order valence-electron chi connectivity index (χ1n) is 11.5. The van der Waals surface area contributed by atoms with Crippen LogP contribution in [-0.4, -0.2) is 50.2 Å². The predicted molar refractivity (Wildman–Crippen MR) is 144 cm³/mol. The number of benzene rings is 2. The van der Waals surface area contributed by atoms with Crippen LogP contribution in [0, 0.1) is 5.41 Å². The van der Waals surface area contributed by atoms with Crippen LogP contribution >= 0.6 is 11.6 Å². The van der Waals surface area contributed by atoms with E-state index in [0.717, 1.165) is 24.0 Å². The summed E-state index contributed by atoms with van der Waals surface area (Å²) in [5, 5.41) is 18.2. The fraction of sp³-hybridized carbons (Fsp3) is 0.333. The molecule has 6 nitrogen and oxygen atoms in total. The van der Waals surface area contributed by atoms with E-state index in [4.69, 9.17) is 22.1 Å². The van der Waals surface area contributed by atoms with Gasteiger partial charge in [0.25, 0.3) is 0 Å². The molecular weight excluding hydrogens is 541 g/mol. The molecule has 2 aromatic rings.